The summed E-state index contributed by atoms with van der Waals surface area (Å²) in [6.07, 6.45) is 0. The number of carbonyl (C=O) groups is 2. The van der Waals surface area contributed by atoms with E-state index in [1.807, 2.05) is 18.4 Å². The molecule has 0 fully saturated rings. The first kappa shape index (κ1) is 12.2. The summed E-state index contributed by atoms with van der Waals surface area (Å²) in [5.41, 5.74) is 12.3. The zero-order chi connectivity index (χ0) is 13.3. The van der Waals surface area contributed by atoms with Crippen molar-refractivity contribution in [3.05, 3.63) is 28.6 Å². The molecule has 18 heavy (non-hydrogen) atoms. The number of amides is 3. The van der Waals surface area contributed by atoms with E-state index < -0.39 is 11.9 Å². The quantitative estimate of drug-likeness (QED) is 0.675. The van der Waals surface area contributed by atoms with Crippen molar-refractivity contribution < 1.29 is 9.59 Å². The number of thiophene rings is 1. The van der Waals surface area contributed by atoms with E-state index in [1.54, 1.807) is 6.07 Å². The Bertz CT molecular complexity index is 614. The van der Waals surface area contributed by atoms with Gasteiger partial charge in [-0.3, -0.25) is 10.1 Å². The molecule has 0 spiro atoms. The Balaban J connectivity index is 2.45. The molecule has 3 amide bonds. The van der Waals surface area contributed by atoms with E-state index >= 15 is 0 Å². The number of anilines is 1. The molecule has 0 radical (unpaired) electrons. The molecule has 2 aromatic rings. The number of rotatable bonds is 3. The Morgan fingerprint density at radius 2 is 2.06 bits per heavy atom. The van der Waals surface area contributed by atoms with E-state index in [2.05, 4.69) is 10.3 Å². The van der Waals surface area contributed by atoms with Crippen LogP contribution in [0.25, 0.3) is 10.6 Å². The van der Waals surface area contributed by atoms with Crippen molar-refractivity contribution in [3.8, 4) is 10.6 Å². The van der Waals surface area contributed by atoms with Crippen LogP contribution in [0.4, 0.5) is 10.6 Å². The first-order valence-corrected chi connectivity index (χ1v) is 6.00. The average molecular weight is 264 g/mol. The molecule has 0 aliphatic heterocycles. The van der Waals surface area contributed by atoms with Gasteiger partial charge >= 0.3 is 6.03 Å². The topological polar surface area (TPSA) is 114 Å². The lowest BCUT2D eigenvalue weighted by molar-refractivity contribution is 0.100. The molecule has 0 atom stereocenters. The first-order chi connectivity index (χ1) is 8.47. The number of urea groups is 1. The van der Waals surface area contributed by atoms with Gasteiger partial charge in [-0.15, -0.1) is 11.3 Å². The largest absolute Gasteiger partial charge is 0.365 e. The van der Waals surface area contributed by atoms with E-state index in [-0.39, 0.29) is 11.4 Å². The van der Waals surface area contributed by atoms with Crippen LogP contribution in [0.2, 0.25) is 0 Å². The summed E-state index contributed by atoms with van der Waals surface area (Å²) in [4.78, 5) is 26.0. The second-order valence-corrected chi connectivity index (χ2v) is 4.72. The number of H-pyrrole nitrogens is 1. The van der Waals surface area contributed by atoms with Gasteiger partial charge in [0.1, 0.15) is 5.82 Å². The third-order valence-corrected chi connectivity index (χ3v) is 3.41. The van der Waals surface area contributed by atoms with E-state index in [0.717, 1.165) is 10.4 Å². The lowest BCUT2D eigenvalue weighted by Gasteiger charge is -1.99. The molecular weight excluding hydrogens is 252 g/mol. The molecular formula is C11H12N4O2S. The van der Waals surface area contributed by atoms with E-state index in [1.165, 1.54) is 11.3 Å². The zero-order valence-electron chi connectivity index (χ0n) is 9.61. The van der Waals surface area contributed by atoms with Crippen LogP contribution in [0.5, 0.6) is 0 Å². The maximum atomic E-state index is 11.3. The smallest absolute Gasteiger partial charge is 0.317 e. The molecule has 0 aliphatic carbocycles. The molecule has 2 rings (SSSR count). The van der Waals surface area contributed by atoms with Gasteiger partial charge in [-0.05, 0) is 30.0 Å². The Kier molecular flexibility index (Phi) is 3.07. The van der Waals surface area contributed by atoms with Crippen LogP contribution in [0, 0.1) is 6.92 Å². The molecule has 0 unspecified atom stereocenters. The predicted molar refractivity (Wildman–Crippen MR) is 70.6 cm³/mol. The highest BCUT2D eigenvalue weighted by molar-refractivity contribution is 7.13. The number of aromatic amines is 1. The van der Waals surface area contributed by atoms with Crippen LogP contribution < -0.4 is 16.8 Å². The highest BCUT2D eigenvalue weighted by Crippen LogP contribution is 2.29. The number of hydrogen-bond donors (Lipinski definition) is 4. The summed E-state index contributed by atoms with van der Waals surface area (Å²) in [6, 6.07) is 2.81. The summed E-state index contributed by atoms with van der Waals surface area (Å²) in [5, 5.41) is 4.33. The van der Waals surface area contributed by atoms with E-state index in [9.17, 15) is 9.59 Å². The summed E-state index contributed by atoms with van der Waals surface area (Å²) in [5.74, 6) is -0.411. The van der Waals surface area contributed by atoms with Crippen LogP contribution in [-0.4, -0.2) is 16.9 Å². The fraction of sp³-hybridized carbons (Fsp3) is 0.0909. The Morgan fingerprint density at radius 3 is 2.56 bits per heavy atom. The summed E-state index contributed by atoms with van der Waals surface area (Å²) >= 11 is 1.53. The van der Waals surface area contributed by atoms with Gasteiger partial charge in [0.2, 0.25) is 0 Å². The predicted octanol–water partition coefficient (Wildman–Crippen LogP) is 1.64. The molecule has 7 heteroatoms. The number of hydrogen-bond acceptors (Lipinski definition) is 3. The number of nitrogens with two attached hydrogens (primary N) is 2. The molecule has 0 saturated carbocycles. The highest BCUT2D eigenvalue weighted by Gasteiger charge is 2.15. The molecule has 0 aromatic carbocycles. The SMILES string of the molecule is Cc1csc(-c2cc(C(N)=O)c(NC(N)=O)[nH]2)c1. The van der Waals surface area contributed by atoms with Gasteiger partial charge in [0.05, 0.1) is 16.1 Å². The molecule has 0 aliphatic rings. The Morgan fingerprint density at radius 1 is 1.33 bits per heavy atom. The van der Waals surface area contributed by atoms with Gasteiger partial charge in [0, 0.05) is 0 Å². The van der Waals surface area contributed by atoms with Crippen molar-refractivity contribution in [2.45, 2.75) is 6.92 Å². The minimum absolute atomic E-state index is 0.204. The summed E-state index contributed by atoms with van der Waals surface area (Å²) < 4.78 is 0. The van der Waals surface area contributed by atoms with Crippen LogP contribution in [0.3, 0.4) is 0 Å². The minimum Gasteiger partial charge on any atom is -0.365 e. The number of aromatic nitrogens is 1. The van der Waals surface area contributed by atoms with Crippen LogP contribution in [0.1, 0.15) is 15.9 Å². The number of aryl methyl sites for hydroxylation is 1. The van der Waals surface area contributed by atoms with Gasteiger partial charge in [0.25, 0.3) is 5.91 Å². The first-order valence-electron chi connectivity index (χ1n) is 5.12. The fourth-order valence-corrected chi connectivity index (χ4v) is 2.45. The fourth-order valence-electron chi connectivity index (χ4n) is 1.58. The van der Waals surface area contributed by atoms with Crippen LogP contribution >= 0.6 is 11.3 Å². The van der Waals surface area contributed by atoms with Crippen molar-refractivity contribution in [3.63, 3.8) is 0 Å². The van der Waals surface area contributed by atoms with E-state index in [4.69, 9.17) is 11.5 Å². The third kappa shape index (κ3) is 2.35. The monoisotopic (exact) mass is 264 g/mol. The minimum atomic E-state index is -0.756. The van der Waals surface area contributed by atoms with Gasteiger partial charge in [-0.1, -0.05) is 0 Å². The highest BCUT2D eigenvalue weighted by atomic mass is 32.1. The molecule has 6 nitrogen and oxygen atoms in total. The summed E-state index contributed by atoms with van der Waals surface area (Å²) in [7, 11) is 0. The molecule has 2 heterocycles. The third-order valence-electron chi connectivity index (χ3n) is 2.33. The van der Waals surface area contributed by atoms with Crippen molar-refractivity contribution in [1.82, 2.24) is 4.98 Å². The number of primary amides is 2. The van der Waals surface area contributed by atoms with Crippen LogP contribution in [0.15, 0.2) is 17.5 Å². The summed E-state index contributed by atoms with van der Waals surface area (Å²) in [6.45, 7) is 1.97. The van der Waals surface area contributed by atoms with Crippen molar-refractivity contribution >= 4 is 29.1 Å². The van der Waals surface area contributed by atoms with Crippen LogP contribution in [-0.2, 0) is 0 Å². The van der Waals surface area contributed by atoms with Crippen molar-refractivity contribution in [1.29, 1.82) is 0 Å². The van der Waals surface area contributed by atoms with Gasteiger partial charge in [-0.25, -0.2) is 4.79 Å². The standard InChI is InChI=1S/C11H12N4O2S/c1-5-2-8(18-4-5)7-3-6(9(12)16)10(14-7)15-11(13)17/h2-4,14H,1H3,(H2,12,16)(H3,13,15,17). The molecule has 0 saturated heterocycles. The average Bonchev–Trinajstić information content (AvgIpc) is 2.83. The second-order valence-electron chi connectivity index (χ2n) is 3.81. The molecule has 6 N–H and O–H groups in total. The molecule has 94 valence electrons. The Labute approximate surface area is 107 Å². The van der Waals surface area contributed by atoms with Crippen molar-refractivity contribution in [2.24, 2.45) is 11.5 Å². The lowest BCUT2D eigenvalue weighted by atomic mass is 10.2. The van der Waals surface area contributed by atoms with Gasteiger partial charge in [0.15, 0.2) is 0 Å². The normalized spacial score (nSPS) is 10.3. The number of carbonyl (C=O) groups excluding carboxylic acids is 2. The second kappa shape index (κ2) is 4.53. The van der Waals surface area contributed by atoms with Gasteiger partial charge in [-0.2, -0.15) is 0 Å². The number of nitrogens with one attached hydrogen (secondary N) is 2. The maximum Gasteiger partial charge on any atom is 0.317 e. The van der Waals surface area contributed by atoms with E-state index in [0.29, 0.717) is 5.69 Å². The Hall–Kier alpha value is -2.28. The molecule has 0 bridgehead atoms. The zero-order valence-corrected chi connectivity index (χ0v) is 10.4. The maximum absolute atomic E-state index is 11.3. The van der Waals surface area contributed by atoms with Crippen molar-refractivity contribution in [2.75, 3.05) is 5.32 Å². The lowest BCUT2D eigenvalue weighted by Crippen LogP contribution is -2.22. The molecule has 2 aromatic heterocycles. The van der Waals surface area contributed by atoms with Gasteiger partial charge < -0.3 is 16.5 Å².